The van der Waals surface area contributed by atoms with E-state index in [9.17, 15) is 14.4 Å². The van der Waals surface area contributed by atoms with Crippen molar-refractivity contribution in [3.05, 3.63) is 115 Å². The number of nitrogens with zero attached hydrogens (tertiary/aromatic N) is 3. The van der Waals surface area contributed by atoms with E-state index >= 15 is 0 Å². The summed E-state index contributed by atoms with van der Waals surface area (Å²) in [5, 5.41) is 0. The van der Waals surface area contributed by atoms with Gasteiger partial charge in [-0.05, 0) is 48.4 Å². The minimum absolute atomic E-state index is 0.131. The van der Waals surface area contributed by atoms with Crippen LogP contribution >= 0.6 is 11.3 Å². The van der Waals surface area contributed by atoms with Gasteiger partial charge in [-0.2, -0.15) is 0 Å². The van der Waals surface area contributed by atoms with Crippen molar-refractivity contribution in [1.29, 1.82) is 0 Å². The molecule has 0 radical (unpaired) electrons. The lowest BCUT2D eigenvalue weighted by atomic mass is 9.93. The predicted octanol–water partition coefficient (Wildman–Crippen LogP) is 3.19. The van der Waals surface area contributed by atoms with Crippen molar-refractivity contribution in [3.8, 4) is 17.2 Å². The van der Waals surface area contributed by atoms with Crippen LogP contribution in [-0.4, -0.2) is 75.1 Å². The third-order valence-corrected chi connectivity index (χ3v) is 8.99. The van der Waals surface area contributed by atoms with Gasteiger partial charge < -0.3 is 28.6 Å². The predicted molar refractivity (Wildman–Crippen MR) is 180 cm³/mol. The van der Waals surface area contributed by atoms with Gasteiger partial charge in [0, 0.05) is 18.7 Å². The fourth-order valence-electron chi connectivity index (χ4n) is 5.63. The first-order valence-corrected chi connectivity index (χ1v) is 16.3. The Morgan fingerprint density at radius 2 is 1.73 bits per heavy atom. The fraction of sp³-hybridized carbons (Fsp3) is 0.278. The molecule has 1 atom stereocenters. The summed E-state index contributed by atoms with van der Waals surface area (Å²) in [5.74, 6) is 0.779. The molecule has 0 spiro atoms. The number of rotatable bonds is 10. The molecular weight excluding hydrogens is 634 g/mol. The number of aromatic nitrogens is 1. The average molecular weight is 670 g/mol. The highest BCUT2D eigenvalue weighted by atomic mass is 32.1. The largest absolute Gasteiger partial charge is 0.497 e. The number of morpholine rings is 1. The summed E-state index contributed by atoms with van der Waals surface area (Å²) in [7, 11) is 3.09. The van der Waals surface area contributed by atoms with Crippen LogP contribution in [0.15, 0.2) is 88.2 Å². The first kappa shape index (κ1) is 32.7. The maximum atomic E-state index is 14.2. The second-order valence-corrected chi connectivity index (χ2v) is 11.9. The normalized spacial score (nSPS) is 16.2. The summed E-state index contributed by atoms with van der Waals surface area (Å²) in [6.45, 7) is 3.84. The molecule has 3 heterocycles. The molecule has 1 fully saturated rings. The van der Waals surface area contributed by atoms with E-state index < -0.39 is 12.0 Å². The summed E-state index contributed by atoms with van der Waals surface area (Å²) >= 11 is 1.22. The van der Waals surface area contributed by atoms with E-state index in [0.717, 1.165) is 5.56 Å². The number of thiazole rings is 1. The van der Waals surface area contributed by atoms with Gasteiger partial charge in [0.25, 0.3) is 11.5 Å². The third-order valence-electron chi connectivity index (χ3n) is 8.01. The Labute approximate surface area is 280 Å². The lowest BCUT2D eigenvalue weighted by Crippen LogP contribution is -2.43. The Morgan fingerprint density at radius 3 is 2.42 bits per heavy atom. The van der Waals surface area contributed by atoms with Crippen molar-refractivity contribution in [2.24, 2.45) is 4.99 Å². The van der Waals surface area contributed by atoms with Crippen LogP contribution in [0, 0.1) is 0 Å². The van der Waals surface area contributed by atoms with Crippen LogP contribution in [0.2, 0.25) is 0 Å². The Hall–Kier alpha value is -5.20. The molecule has 0 bridgehead atoms. The van der Waals surface area contributed by atoms with Gasteiger partial charge in [0.05, 0.1) is 55.9 Å². The van der Waals surface area contributed by atoms with Crippen LogP contribution in [0.4, 0.5) is 0 Å². The van der Waals surface area contributed by atoms with Gasteiger partial charge in [-0.25, -0.2) is 9.79 Å². The van der Waals surface area contributed by atoms with Gasteiger partial charge in [-0.3, -0.25) is 14.2 Å². The van der Waals surface area contributed by atoms with Crippen LogP contribution < -0.4 is 29.1 Å². The molecule has 1 amide bonds. The van der Waals surface area contributed by atoms with Gasteiger partial charge >= 0.3 is 5.97 Å². The molecule has 0 unspecified atom stereocenters. The number of benzene rings is 3. The van der Waals surface area contributed by atoms with Crippen molar-refractivity contribution in [3.63, 3.8) is 0 Å². The first-order valence-electron chi connectivity index (χ1n) is 15.5. The number of hydrogen-bond donors (Lipinski definition) is 0. The highest BCUT2D eigenvalue weighted by Crippen LogP contribution is 2.36. The van der Waals surface area contributed by atoms with E-state index in [-0.39, 0.29) is 30.3 Å². The van der Waals surface area contributed by atoms with Gasteiger partial charge in [-0.15, -0.1) is 0 Å². The third kappa shape index (κ3) is 6.76. The lowest BCUT2D eigenvalue weighted by Gasteiger charge is -2.26. The maximum absolute atomic E-state index is 14.2. The Morgan fingerprint density at radius 1 is 0.979 bits per heavy atom. The number of hydrogen-bond acceptors (Lipinski definition) is 10. The number of carbonyl (C=O) groups is 2. The van der Waals surface area contributed by atoms with Gasteiger partial charge in [0.1, 0.15) is 5.75 Å². The topological polar surface area (TPSA) is 118 Å². The number of methoxy groups -OCH3 is 2. The van der Waals surface area contributed by atoms with E-state index in [2.05, 4.69) is 0 Å². The minimum atomic E-state index is -0.808. The van der Waals surface area contributed by atoms with Crippen LogP contribution in [0.3, 0.4) is 0 Å². The van der Waals surface area contributed by atoms with Crippen molar-refractivity contribution in [2.45, 2.75) is 13.0 Å². The van der Waals surface area contributed by atoms with E-state index in [0.29, 0.717) is 69.7 Å². The second kappa shape index (κ2) is 14.7. The lowest BCUT2D eigenvalue weighted by molar-refractivity contribution is -0.139. The first-order chi connectivity index (χ1) is 23.4. The van der Waals surface area contributed by atoms with E-state index in [1.165, 1.54) is 18.4 Å². The summed E-state index contributed by atoms with van der Waals surface area (Å²) in [4.78, 5) is 47.5. The van der Waals surface area contributed by atoms with Crippen LogP contribution in [0.1, 0.15) is 29.7 Å². The molecule has 2 aliphatic heterocycles. The summed E-state index contributed by atoms with van der Waals surface area (Å²) in [5.41, 5.74) is 2.50. The summed E-state index contributed by atoms with van der Waals surface area (Å²) in [6, 6.07) is 21.1. The molecule has 1 saturated heterocycles. The van der Waals surface area contributed by atoms with E-state index in [1.54, 1.807) is 59.9 Å². The minimum Gasteiger partial charge on any atom is -0.497 e. The molecule has 6 rings (SSSR count). The highest BCUT2D eigenvalue weighted by Gasteiger charge is 2.35. The maximum Gasteiger partial charge on any atom is 0.338 e. The monoisotopic (exact) mass is 669 g/mol. The van der Waals surface area contributed by atoms with Gasteiger partial charge in [0.2, 0.25) is 0 Å². The van der Waals surface area contributed by atoms with Crippen LogP contribution in [0.5, 0.6) is 17.2 Å². The SMILES string of the molecule is CCOC(=O)C1=C(c2ccccc2)N=c2s/c(=C/c3ccc(OCC(=O)N4CCOCC4)c(OC)c3)c(=O)n2[C@H]1c1ccc(OC)cc1. The molecule has 0 saturated carbocycles. The van der Waals surface area contributed by atoms with Crippen molar-refractivity contribution in [2.75, 3.05) is 53.7 Å². The van der Waals surface area contributed by atoms with Crippen LogP contribution in [-0.2, 0) is 19.1 Å². The zero-order valence-corrected chi connectivity index (χ0v) is 27.7. The number of fused-ring (bicyclic) bond motifs is 1. The highest BCUT2D eigenvalue weighted by molar-refractivity contribution is 7.07. The number of carbonyl (C=O) groups excluding carboxylic acids is 2. The second-order valence-electron chi connectivity index (χ2n) is 10.9. The van der Waals surface area contributed by atoms with Gasteiger partial charge in [0.15, 0.2) is 22.9 Å². The zero-order valence-electron chi connectivity index (χ0n) is 26.8. The van der Waals surface area contributed by atoms with Crippen molar-refractivity contribution < 1.29 is 33.3 Å². The molecule has 48 heavy (non-hydrogen) atoms. The Bertz CT molecular complexity index is 2010. The van der Waals surface area contributed by atoms with E-state index in [1.807, 2.05) is 42.5 Å². The molecular formula is C36H35N3O8S. The van der Waals surface area contributed by atoms with Crippen molar-refractivity contribution >= 4 is 35.0 Å². The molecule has 4 aromatic rings. The standard InChI is InChI=1S/C36H35N3O8S/c1-4-46-35(42)31-32(24-8-6-5-7-9-24)37-36-39(33(31)25-11-13-26(43-2)14-12-25)34(41)29(48-36)21-23-10-15-27(28(20-23)44-3)47-22-30(40)38-16-18-45-19-17-38/h5-15,20-21,33H,4,16-19,22H2,1-3H3/b29-21+/t33-/m0/s1. The Kier molecular flexibility index (Phi) is 10.0. The molecule has 11 nitrogen and oxygen atoms in total. The zero-order chi connectivity index (χ0) is 33.6. The number of amides is 1. The smallest absolute Gasteiger partial charge is 0.338 e. The molecule has 0 aliphatic carbocycles. The fourth-order valence-corrected chi connectivity index (χ4v) is 6.63. The number of ether oxygens (including phenoxy) is 5. The average Bonchev–Trinajstić information content (AvgIpc) is 3.44. The quantitative estimate of drug-likeness (QED) is 0.237. The number of esters is 1. The van der Waals surface area contributed by atoms with Crippen molar-refractivity contribution in [1.82, 2.24) is 9.47 Å². The van der Waals surface area contributed by atoms with Crippen LogP contribution in [0.25, 0.3) is 11.8 Å². The molecule has 3 aromatic carbocycles. The molecule has 248 valence electrons. The summed E-state index contributed by atoms with van der Waals surface area (Å²) in [6.07, 6.45) is 1.75. The molecule has 12 heteroatoms. The molecule has 1 aromatic heterocycles. The summed E-state index contributed by atoms with van der Waals surface area (Å²) < 4.78 is 29.6. The molecule has 2 aliphatic rings. The van der Waals surface area contributed by atoms with E-state index in [4.69, 9.17) is 28.7 Å². The van der Waals surface area contributed by atoms with Gasteiger partial charge in [-0.1, -0.05) is 59.9 Å². The Balaban J connectivity index is 1.42. The molecule has 0 N–H and O–H groups in total.